The molecule has 1 aliphatic rings. The fraction of sp³-hybridized carbons (Fsp3) is 0.333. The number of aliphatic imine (C=N–C) groups is 1. The third-order valence-corrected chi connectivity index (χ3v) is 5.42. The SMILES string of the molecule is CC(C)(C)c1ccc(C(=O)N2CCN=C2SCc2ccccc2F)cc1. The van der Waals surface area contributed by atoms with Crippen LogP contribution in [0.5, 0.6) is 0 Å². The molecule has 0 saturated heterocycles. The molecule has 0 radical (unpaired) electrons. The fourth-order valence-electron chi connectivity index (χ4n) is 2.77. The summed E-state index contributed by atoms with van der Waals surface area (Å²) in [5.41, 5.74) is 2.52. The second-order valence-corrected chi connectivity index (χ2v) is 8.27. The Labute approximate surface area is 158 Å². The lowest BCUT2D eigenvalue weighted by Crippen LogP contribution is -2.32. The molecule has 2 aromatic carbocycles. The Balaban J connectivity index is 1.69. The van der Waals surface area contributed by atoms with Crippen molar-refractivity contribution in [2.24, 2.45) is 4.99 Å². The van der Waals surface area contributed by atoms with Crippen LogP contribution in [0, 0.1) is 5.82 Å². The Kier molecular flexibility index (Phi) is 5.47. The summed E-state index contributed by atoms with van der Waals surface area (Å²) in [4.78, 5) is 19.0. The van der Waals surface area contributed by atoms with Crippen molar-refractivity contribution in [2.75, 3.05) is 13.1 Å². The van der Waals surface area contributed by atoms with E-state index in [-0.39, 0.29) is 17.1 Å². The van der Waals surface area contributed by atoms with Gasteiger partial charge in [-0.2, -0.15) is 0 Å². The van der Waals surface area contributed by atoms with Gasteiger partial charge in [-0.25, -0.2) is 4.39 Å². The predicted molar refractivity (Wildman–Crippen MR) is 106 cm³/mol. The number of carbonyl (C=O) groups excluding carboxylic acids is 1. The Morgan fingerprint density at radius 1 is 1.15 bits per heavy atom. The highest BCUT2D eigenvalue weighted by Crippen LogP contribution is 2.25. The first-order valence-electron chi connectivity index (χ1n) is 8.69. The lowest BCUT2D eigenvalue weighted by molar-refractivity contribution is 0.0860. The van der Waals surface area contributed by atoms with E-state index in [1.807, 2.05) is 30.3 Å². The molecule has 136 valence electrons. The molecule has 0 saturated carbocycles. The normalized spacial score (nSPS) is 14.5. The van der Waals surface area contributed by atoms with Crippen LogP contribution in [0.4, 0.5) is 4.39 Å². The highest BCUT2D eigenvalue weighted by molar-refractivity contribution is 8.13. The molecule has 0 fully saturated rings. The minimum Gasteiger partial charge on any atom is -0.286 e. The van der Waals surface area contributed by atoms with Gasteiger partial charge < -0.3 is 0 Å². The number of thioether (sulfide) groups is 1. The summed E-state index contributed by atoms with van der Waals surface area (Å²) in [7, 11) is 0. The van der Waals surface area contributed by atoms with E-state index in [1.165, 1.54) is 23.4 Å². The van der Waals surface area contributed by atoms with Crippen molar-refractivity contribution >= 4 is 22.8 Å². The first kappa shape index (κ1) is 18.6. The van der Waals surface area contributed by atoms with Crippen LogP contribution in [0.1, 0.15) is 42.3 Å². The van der Waals surface area contributed by atoms with Gasteiger partial charge in [0.2, 0.25) is 0 Å². The Bertz CT molecular complexity index is 825. The number of amides is 1. The summed E-state index contributed by atoms with van der Waals surface area (Å²) in [6.45, 7) is 7.60. The lowest BCUT2D eigenvalue weighted by atomic mass is 9.86. The zero-order valence-electron chi connectivity index (χ0n) is 15.3. The zero-order valence-corrected chi connectivity index (χ0v) is 16.1. The van der Waals surface area contributed by atoms with Crippen LogP contribution < -0.4 is 0 Å². The Hall–Kier alpha value is -2.14. The summed E-state index contributed by atoms with van der Waals surface area (Å²) in [6.07, 6.45) is 0. The van der Waals surface area contributed by atoms with E-state index in [4.69, 9.17) is 0 Å². The van der Waals surface area contributed by atoms with Crippen LogP contribution in [0.25, 0.3) is 0 Å². The minimum absolute atomic E-state index is 0.0530. The molecule has 0 N–H and O–H groups in total. The predicted octanol–water partition coefficient (Wildman–Crippen LogP) is 4.87. The first-order chi connectivity index (χ1) is 12.4. The molecule has 0 unspecified atom stereocenters. The van der Waals surface area contributed by atoms with Crippen LogP contribution >= 0.6 is 11.8 Å². The van der Waals surface area contributed by atoms with E-state index < -0.39 is 0 Å². The van der Waals surface area contributed by atoms with Gasteiger partial charge >= 0.3 is 0 Å². The van der Waals surface area contributed by atoms with E-state index in [9.17, 15) is 9.18 Å². The number of amidine groups is 1. The van der Waals surface area contributed by atoms with Crippen LogP contribution in [-0.2, 0) is 11.2 Å². The molecule has 3 rings (SSSR count). The number of halogens is 1. The van der Waals surface area contributed by atoms with Crippen molar-refractivity contribution in [3.8, 4) is 0 Å². The maximum absolute atomic E-state index is 13.8. The molecule has 0 spiro atoms. The van der Waals surface area contributed by atoms with Gasteiger partial charge in [0.05, 0.1) is 6.54 Å². The van der Waals surface area contributed by atoms with E-state index in [2.05, 4.69) is 25.8 Å². The summed E-state index contributed by atoms with van der Waals surface area (Å²) >= 11 is 1.40. The van der Waals surface area contributed by atoms with Crippen molar-refractivity contribution in [2.45, 2.75) is 31.9 Å². The third kappa shape index (κ3) is 4.15. The van der Waals surface area contributed by atoms with E-state index in [0.29, 0.717) is 35.1 Å². The lowest BCUT2D eigenvalue weighted by Gasteiger charge is -2.21. The number of rotatable bonds is 3. The van der Waals surface area contributed by atoms with Gasteiger partial charge in [0.25, 0.3) is 5.91 Å². The average molecular weight is 370 g/mol. The van der Waals surface area contributed by atoms with Gasteiger partial charge in [0, 0.05) is 17.9 Å². The van der Waals surface area contributed by atoms with E-state index in [1.54, 1.807) is 17.0 Å². The molecular weight excluding hydrogens is 347 g/mol. The molecule has 0 bridgehead atoms. The molecule has 1 heterocycles. The zero-order chi connectivity index (χ0) is 18.7. The molecule has 0 atom stereocenters. The highest BCUT2D eigenvalue weighted by Gasteiger charge is 2.25. The molecule has 0 aliphatic carbocycles. The molecular formula is C21H23FN2OS. The molecule has 26 heavy (non-hydrogen) atoms. The summed E-state index contributed by atoms with van der Waals surface area (Å²) in [5.74, 6) is 0.176. The molecule has 2 aromatic rings. The monoisotopic (exact) mass is 370 g/mol. The van der Waals surface area contributed by atoms with Gasteiger partial charge in [-0.15, -0.1) is 0 Å². The van der Waals surface area contributed by atoms with Crippen LogP contribution in [0.15, 0.2) is 53.5 Å². The minimum atomic E-state index is -0.228. The van der Waals surface area contributed by atoms with Crippen LogP contribution in [0.2, 0.25) is 0 Å². The molecule has 3 nitrogen and oxygen atoms in total. The van der Waals surface area contributed by atoms with Crippen molar-refractivity contribution in [1.29, 1.82) is 0 Å². The van der Waals surface area contributed by atoms with Crippen molar-refractivity contribution in [1.82, 2.24) is 4.90 Å². The molecule has 1 amide bonds. The quantitative estimate of drug-likeness (QED) is 0.772. The first-order valence-corrected chi connectivity index (χ1v) is 9.68. The number of benzene rings is 2. The summed E-state index contributed by atoms with van der Waals surface area (Å²) in [5, 5.41) is 0.665. The second kappa shape index (κ2) is 7.62. The summed E-state index contributed by atoms with van der Waals surface area (Å²) < 4.78 is 13.8. The second-order valence-electron chi connectivity index (χ2n) is 7.33. The third-order valence-electron chi connectivity index (χ3n) is 4.36. The topological polar surface area (TPSA) is 32.7 Å². The number of hydrogen-bond acceptors (Lipinski definition) is 3. The van der Waals surface area contributed by atoms with Crippen molar-refractivity contribution in [3.05, 3.63) is 71.0 Å². The van der Waals surface area contributed by atoms with Gasteiger partial charge in [-0.05, 0) is 34.7 Å². The smallest absolute Gasteiger partial charge is 0.259 e. The molecule has 5 heteroatoms. The van der Waals surface area contributed by atoms with Crippen LogP contribution in [0.3, 0.4) is 0 Å². The van der Waals surface area contributed by atoms with Gasteiger partial charge in [-0.3, -0.25) is 14.7 Å². The van der Waals surface area contributed by atoms with Gasteiger partial charge in [0.15, 0.2) is 5.17 Å². The maximum atomic E-state index is 13.8. The maximum Gasteiger partial charge on any atom is 0.259 e. The van der Waals surface area contributed by atoms with Gasteiger partial charge in [0.1, 0.15) is 5.82 Å². The Morgan fingerprint density at radius 2 is 1.85 bits per heavy atom. The largest absolute Gasteiger partial charge is 0.286 e. The standard InChI is InChI=1S/C21H23FN2OS/c1-21(2,3)17-10-8-15(9-11-17)19(25)24-13-12-23-20(24)26-14-16-6-4-5-7-18(16)22/h4-11H,12-14H2,1-3H3. The van der Waals surface area contributed by atoms with Gasteiger partial charge in [-0.1, -0.05) is 62.9 Å². The Morgan fingerprint density at radius 3 is 2.50 bits per heavy atom. The van der Waals surface area contributed by atoms with E-state index in [0.717, 1.165) is 0 Å². The molecule has 1 aliphatic heterocycles. The van der Waals surface area contributed by atoms with Crippen molar-refractivity contribution < 1.29 is 9.18 Å². The molecule has 0 aromatic heterocycles. The number of nitrogens with zero attached hydrogens (tertiary/aromatic N) is 2. The average Bonchev–Trinajstić information content (AvgIpc) is 3.08. The van der Waals surface area contributed by atoms with E-state index >= 15 is 0 Å². The summed E-state index contributed by atoms with van der Waals surface area (Å²) in [6, 6.07) is 14.5. The van der Waals surface area contributed by atoms with Crippen LogP contribution in [-0.4, -0.2) is 29.1 Å². The number of hydrogen-bond donors (Lipinski definition) is 0. The highest BCUT2D eigenvalue weighted by atomic mass is 32.2. The van der Waals surface area contributed by atoms with Crippen molar-refractivity contribution in [3.63, 3.8) is 0 Å². The fourth-order valence-corrected chi connectivity index (χ4v) is 3.80. The number of carbonyl (C=O) groups is 1.